The molecule has 0 amide bonds. The number of nitrogens with one attached hydrogen (secondary N) is 1. The van der Waals surface area contributed by atoms with Gasteiger partial charge in [0.25, 0.3) is 0 Å². The number of aryl methyl sites for hydroxylation is 3. The van der Waals surface area contributed by atoms with Gasteiger partial charge in [-0.1, -0.05) is 24.6 Å². The van der Waals surface area contributed by atoms with Gasteiger partial charge in [-0.25, -0.2) is 0 Å². The first-order chi connectivity index (χ1) is 9.01. The van der Waals surface area contributed by atoms with Crippen LogP contribution in [-0.2, 0) is 6.42 Å². The van der Waals surface area contributed by atoms with Crippen LogP contribution < -0.4 is 5.32 Å². The predicted molar refractivity (Wildman–Crippen MR) is 83.7 cm³/mol. The average molecular weight is 259 g/mol. The van der Waals surface area contributed by atoms with Crippen molar-refractivity contribution >= 4 is 0 Å². The molecule has 19 heavy (non-hydrogen) atoms. The highest BCUT2D eigenvalue weighted by Crippen LogP contribution is 2.33. The summed E-state index contributed by atoms with van der Waals surface area (Å²) in [5.41, 5.74) is 5.93. The largest absolute Gasteiger partial charge is 0.317 e. The van der Waals surface area contributed by atoms with E-state index in [2.05, 4.69) is 52.2 Å². The summed E-state index contributed by atoms with van der Waals surface area (Å²) >= 11 is 0. The van der Waals surface area contributed by atoms with Crippen molar-refractivity contribution in [1.29, 1.82) is 0 Å². The number of rotatable bonds is 3. The summed E-state index contributed by atoms with van der Waals surface area (Å²) in [6, 6.07) is 5.38. The van der Waals surface area contributed by atoms with Crippen LogP contribution in [0.15, 0.2) is 12.1 Å². The van der Waals surface area contributed by atoms with E-state index in [0.29, 0.717) is 6.04 Å². The molecule has 0 aliphatic heterocycles. The number of benzene rings is 1. The van der Waals surface area contributed by atoms with Crippen molar-refractivity contribution in [2.75, 3.05) is 7.05 Å². The topological polar surface area (TPSA) is 12.0 Å². The lowest BCUT2D eigenvalue weighted by Gasteiger charge is -2.35. The lowest BCUT2D eigenvalue weighted by Crippen LogP contribution is -2.39. The highest BCUT2D eigenvalue weighted by molar-refractivity contribution is 5.37. The van der Waals surface area contributed by atoms with Crippen LogP contribution in [0.5, 0.6) is 0 Å². The van der Waals surface area contributed by atoms with Crippen LogP contribution in [0.4, 0.5) is 0 Å². The first-order valence-corrected chi connectivity index (χ1v) is 7.75. The Morgan fingerprint density at radius 3 is 2.32 bits per heavy atom. The molecule has 1 heteroatoms. The molecule has 0 bridgehead atoms. The maximum atomic E-state index is 3.55. The third-order valence-corrected chi connectivity index (χ3v) is 4.92. The predicted octanol–water partition coefficient (Wildman–Crippen LogP) is 4.18. The zero-order chi connectivity index (χ0) is 14.0. The van der Waals surface area contributed by atoms with E-state index < -0.39 is 0 Å². The van der Waals surface area contributed by atoms with E-state index in [4.69, 9.17) is 0 Å². The van der Waals surface area contributed by atoms with Gasteiger partial charge >= 0.3 is 0 Å². The van der Waals surface area contributed by atoms with E-state index in [1.54, 1.807) is 5.56 Å². The van der Waals surface area contributed by atoms with Crippen LogP contribution in [0.3, 0.4) is 0 Å². The maximum Gasteiger partial charge on any atom is 0.00957 e. The maximum absolute atomic E-state index is 3.55. The van der Waals surface area contributed by atoms with Crippen molar-refractivity contribution in [3.8, 4) is 0 Å². The molecule has 1 N–H and O–H groups in total. The monoisotopic (exact) mass is 259 g/mol. The minimum absolute atomic E-state index is 0.705. The molecule has 1 saturated carbocycles. The van der Waals surface area contributed by atoms with Crippen LogP contribution in [-0.4, -0.2) is 13.1 Å². The Morgan fingerprint density at radius 1 is 1.11 bits per heavy atom. The summed E-state index contributed by atoms with van der Waals surface area (Å²) in [7, 11) is 2.13. The Bertz CT molecular complexity index is 412. The van der Waals surface area contributed by atoms with Gasteiger partial charge in [-0.05, 0) is 82.0 Å². The van der Waals surface area contributed by atoms with E-state index >= 15 is 0 Å². The Hall–Kier alpha value is -0.820. The third-order valence-electron chi connectivity index (χ3n) is 4.92. The SMILES string of the molecule is CNC1CCC(C)CC1Cc1c(C)cc(C)cc1C. The molecular formula is C18H29N. The summed E-state index contributed by atoms with van der Waals surface area (Å²) in [6.45, 7) is 9.16. The van der Waals surface area contributed by atoms with Crippen LogP contribution in [0.25, 0.3) is 0 Å². The smallest absolute Gasteiger partial charge is 0.00957 e. The molecule has 0 aromatic heterocycles. The zero-order valence-corrected chi connectivity index (χ0v) is 13.2. The average Bonchev–Trinajstić information content (AvgIpc) is 2.34. The molecule has 2 rings (SSSR count). The fourth-order valence-electron chi connectivity index (χ4n) is 3.90. The molecule has 1 aromatic rings. The van der Waals surface area contributed by atoms with Crippen LogP contribution >= 0.6 is 0 Å². The molecular weight excluding hydrogens is 230 g/mol. The highest BCUT2D eigenvalue weighted by atomic mass is 14.9. The van der Waals surface area contributed by atoms with Crippen molar-refractivity contribution < 1.29 is 0 Å². The van der Waals surface area contributed by atoms with Gasteiger partial charge in [0, 0.05) is 6.04 Å². The molecule has 1 nitrogen and oxygen atoms in total. The minimum atomic E-state index is 0.705. The summed E-state index contributed by atoms with van der Waals surface area (Å²) in [5.74, 6) is 1.69. The minimum Gasteiger partial charge on any atom is -0.317 e. The molecule has 0 radical (unpaired) electrons. The molecule has 3 atom stereocenters. The fraction of sp³-hybridized carbons (Fsp3) is 0.667. The zero-order valence-electron chi connectivity index (χ0n) is 13.2. The molecule has 1 aliphatic rings. The van der Waals surface area contributed by atoms with E-state index in [1.807, 2.05) is 0 Å². The van der Waals surface area contributed by atoms with Gasteiger partial charge in [-0.2, -0.15) is 0 Å². The Morgan fingerprint density at radius 2 is 1.74 bits per heavy atom. The molecule has 1 aliphatic carbocycles. The molecule has 1 fully saturated rings. The van der Waals surface area contributed by atoms with Crippen molar-refractivity contribution in [2.24, 2.45) is 11.8 Å². The summed E-state index contributed by atoms with van der Waals surface area (Å²) in [6.07, 6.45) is 5.34. The van der Waals surface area contributed by atoms with Crippen molar-refractivity contribution in [3.05, 3.63) is 34.4 Å². The van der Waals surface area contributed by atoms with Gasteiger partial charge in [0.15, 0.2) is 0 Å². The summed E-state index contributed by atoms with van der Waals surface area (Å²) in [5, 5.41) is 3.55. The van der Waals surface area contributed by atoms with Crippen LogP contribution in [0.1, 0.15) is 48.4 Å². The van der Waals surface area contributed by atoms with Gasteiger partial charge in [-0.15, -0.1) is 0 Å². The second-order valence-electron chi connectivity index (χ2n) is 6.65. The first kappa shape index (κ1) is 14.6. The van der Waals surface area contributed by atoms with Crippen molar-refractivity contribution in [2.45, 2.75) is 59.4 Å². The van der Waals surface area contributed by atoms with Gasteiger partial charge < -0.3 is 5.32 Å². The first-order valence-electron chi connectivity index (χ1n) is 7.75. The standard InChI is InChI=1S/C18H29N/c1-12-6-7-18(19-5)16(10-12)11-17-14(3)8-13(2)9-15(17)4/h8-9,12,16,18-19H,6-7,10-11H2,1-5H3. The van der Waals surface area contributed by atoms with Crippen LogP contribution in [0.2, 0.25) is 0 Å². The summed E-state index contributed by atoms with van der Waals surface area (Å²) in [4.78, 5) is 0. The Labute approximate surface area is 118 Å². The normalized spacial score (nSPS) is 27.5. The fourth-order valence-corrected chi connectivity index (χ4v) is 3.90. The molecule has 0 saturated heterocycles. The summed E-state index contributed by atoms with van der Waals surface area (Å²) < 4.78 is 0. The molecule has 106 valence electrons. The Kier molecular flexibility index (Phi) is 4.67. The van der Waals surface area contributed by atoms with E-state index in [-0.39, 0.29) is 0 Å². The molecule has 0 heterocycles. The molecule has 1 aromatic carbocycles. The van der Waals surface area contributed by atoms with Crippen molar-refractivity contribution in [1.82, 2.24) is 5.32 Å². The third kappa shape index (κ3) is 3.39. The lowest BCUT2D eigenvalue weighted by atomic mass is 9.75. The number of hydrogen-bond donors (Lipinski definition) is 1. The Balaban J connectivity index is 2.19. The quantitative estimate of drug-likeness (QED) is 0.858. The highest BCUT2D eigenvalue weighted by Gasteiger charge is 2.28. The van der Waals surface area contributed by atoms with E-state index in [9.17, 15) is 0 Å². The van der Waals surface area contributed by atoms with Gasteiger partial charge in [0.05, 0.1) is 0 Å². The van der Waals surface area contributed by atoms with Crippen molar-refractivity contribution in [3.63, 3.8) is 0 Å². The van der Waals surface area contributed by atoms with Gasteiger partial charge in [-0.3, -0.25) is 0 Å². The number of hydrogen-bond acceptors (Lipinski definition) is 1. The second-order valence-corrected chi connectivity index (χ2v) is 6.65. The molecule has 3 unspecified atom stereocenters. The molecule has 0 spiro atoms. The van der Waals surface area contributed by atoms with Crippen LogP contribution in [0, 0.1) is 32.6 Å². The van der Waals surface area contributed by atoms with Gasteiger partial charge in [0.2, 0.25) is 0 Å². The second kappa shape index (κ2) is 6.09. The van der Waals surface area contributed by atoms with Gasteiger partial charge in [0.1, 0.15) is 0 Å². The lowest BCUT2D eigenvalue weighted by molar-refractivity contribution is 0.220. The van der Waals surface area contributed by atoms with E-state index in [1.165, 1.54) is 42.4 Å². The van der Waals surface area contributed by atoms with E-state index in [0.717, 1.165) is 11.8 Å².